The summed E-state index contributed by atoms with van der Waals surface area (Å²) in [7, 11) is 0. The van der Waals surface area contributed by atoms with Gasteiger partial charge in [0, 0.05) is 24.7 Å². The summed E-state index contributed by atoms with van der Waals surface area (Å²) in [4.78, 5) is 2.59. The van der Waals surface area contributed by atoms with Gasteiger partial charge in [-0.05, 0) is 51.8 Å². The molecule has 0 spiro atoms. The van der Waals surface area contributed by atoms with Gasteiger partial charge in [0.2, 0.25) is 0 Å². The number of nitrogens with one attached hydrogen (secondary N) is 1. The van der Waals surface area contributed by atoms with Crippen LogP contribution < -0.4 is 10.1 Å². The first-order chi connectivity index (χ1) is 9.72. The first-order valence-corrected chi connectivity index (χ1v) is 7.92. The van der Waals surface area contributed by atoms with Gasteiger partial charge in [-0.1, -0.05) is 18.2 Å². The van der Waals surface area contributed by atoms with Gasteiger partial charge in [-0.25, -0.2) is 0 Å². The second-order valence-electron chi connectivity index (χ2n) is 6.40. The third kappa shape index (κ3) is 3.15. The summed E-state index contributed by atoms with van der Waals surface area (Å²) < 4.78 is 5.90. The van der Waals surface area contributed by atoms with E-state index < -0.39 is 0 Å². The zero-order valence-corrected chi connectivity index (χ0v) is 12.6. The topological polar surface area (TPSA) is 24.5 Å². The Labute approximate surface area is 122 Å². The third-order valence-corrected chi connectivity index (χ3v) is 4.55. The largest absolute Gasteiger partial charge is 0.491 e. The SMILES string of the molecule is CC(C)Oc1ccccc1CNC1CN2CCC1CC2. The summed E-state index contributed by atoms with van der Waals surface area (Å²) in [6, 6.07) is 9.06. The van der Waals surface area contributed by atoms with Crippen LogP contribution in [0, 0.1) is 5.92 Å². The Hall–Kier alpha value is -1.06. The molecule has 1 N–H and O–H groups in total. The van der Waals surface area contributed by atoms with E-state index in [0.717, 1.165) is 18.2 Å². The first-order valence-electron chi connectivity index (χ1n) is 7.92. The van der Waals surface area contributed by atoms with Crippen molar-refractivity contribution in [3.63, 3.8) is 0 Å². The van der Waals surface area contributed by atoms with Crippen molar-refractivity contribution < 1.29 is 4.74 Å². The predicted molar refractivity (Wildman–Crippen MR) is 82.0 cm³/mol. The van der Waals surface area contributed by atoms with Crippen LogP contribution >= 0.6 is 0 Å². The van der Waals surface area contributed by atoms with Gasteiger partial charge in [-0.3, -0.25) is 0 Å². The highest BCUT2D eigenvalue weighted by molar-refractivity contribution is 5.33. The van der Waals surface area contributed by atoms with Crippen LogP contribution in [0.1, 0.15) is 32.3 Å². The molecule has 3 heterocycles. The number of benzene rings is 1. The third-order valence-electron chi connectivity index (χ3n) is 4.55. The molecule has 3 fully saturated rings. The molecule has 1 atom stereocenters. The van der Waals surface area contributed by atoms with Crippen molar-refractivity contribution in [3.8, 4) is 5.75 Å². The smallest absolute Gasteiger partial charge is 0.124 e. The molecule has 0 aromatic heterocycles. The summed E-state index contributed by atoms with van der Waals surface area (Å²) in [5.74, 6) is 1.90. The second-order valence-corrected chi connectivity index (χ2v) is 6.40. The van der Waals surface area contributed by atoms with Crippen molar-refractivity contribution in [3.05, 3.63) is 29.8 Å². The number of fused-ring (bicyclic) bond motifs is 3. The minimum absolute atomic E-state index is 0.230. The maximum absolute atomic E-state index is 5.90. The molecule has 110 valence electrons. The van der Waals surface area contributed by atoms with E-state index in [4.69, 9.17) is 4.74 Å². The lowest BCUT2D eigenvalue weighted by Crippen LogP contribution is -2.55. The van der Waals surface area contributed by atoms with Gasteiger partial charge < -0.3 is 15.0 Å². The number of nitrogens with zero attached hydrogens (tertiary/aromatic N) is 1. The summed E-state index contributed by atoms with van der Waals surface area (Å²) in [6.45, 7) is 8.90. The van der Waals surface area contributed by atoms with Gasteiger partial charge in [0.1, 0.15) is 5.75 Å². The number of ether oxygens (including phenoxy) is 1. The van der Waals surface area contributed by atoms with Gasteiger partial charge in [0.25, 0.3) is 0 Å². The van der Waals surface area contributed by atoms with Crippen LogP contribution in [-0.2, 0) is 6.54 Å². The van der Waals surface area contributed by atoms with Crippen LogP contribution in [0.15, 0.2) is 24.3 Å². The fraction of sp³-hybridized carbons (Fsp3) is 0.647. The molecule has 0 radical (unpaired) electrons. The summed E-state index contributed by atoms with van der Waals surface area (Å²) in [6.07, 6.45) is 2.96. The monoisotopic (exact) mass is 274 g/mol. The van der Waals surface area contributed by atoms with E-state index in [1.54, 1.807) is 0 Å². The van der Waals surface area contributed by atoms with Crippen molar-refractivity contribution in [1.82, 2.24) is 10.2 Å². The fourth-order valence-electron chi connectivity index (χ4n) is 3.46. The van der Waals surface area contributed by atoms with Crippen LogP contribution in [0.4, 0.5) is 0 Å². The molecular weight excluding hydrogens is 248 g/mol. The lowest BCUT2D eigenvalue weighted by molar-refractivity contribution is 0.0718. The highest BCUT2D eigenvalue weighted by atomic mass is 16.5. The average molecular weight is 274 g/mol. The molecule has 3 aliphatic rings. The van der Waals surface area contributed by atoms with E-state index in [-0.39, 0.29) is 6.10 Å². The van der Waals surface area contributed by atoms with E-state index in [9.17, 15) is 0 Å². The Balaban J connectivity index is 1.61. The number of hydrogen-bond donors (Lipinski definition) is 1. The van der Waals surface area contributed by atoms with E-state index in [2.05, 4.69) is 48.3 Å². The minimum Gasteiger partial charge on any atom is -0.491 e. The number of para-hydroxylation sites is 1. The lowest BCUT2D eigenvalue weighted by Gasteiger charge is -2.45. The minimum atomic E-state index is 0.230. The molecule has 3 nitrogen and oxygen atoms in total. The molecule has 20 heavy (non-hydrogen) atoms. The summed E-state index contributed by atoms with van der Waals surface area (Å²) >= 11 is 0. The molecule has 1 aromatic carbocycles. The zero-order valence-electron chi connectivity index (χ0n) is 12.6. The van der Waals surface area contributed by atoms with Gasteiger partial charge in [0.15, 0.2) is 0 Å². The molecule has 3 aliphatic heterocycles. The normalized spacial score (nSPS) is 28.9. The molecule has 3 heteroatoms. The molecule has 4 rings (SSSR count). The molecule has 3 saturated heterocycles. The van der Waals surface area contributed by atoms with Crippen LogP contribution in [-0.4, -0.2) is 36.7 Å². The van der Waals surface area contributed by atoms with Crippen molar-refractivity contribution >= 4 is 0 Å². The van der Waals surface area contributed by atoms with E-state index in [0.29, 0.717) is 6.04 Å². The summed E-state index contributed by atoms with van der Waals surface area (Å²) in [5, 5.41) is 3.76. The maximum atomic E-state index is 5.90. The Kier molecular flexibility index (Phi) is 4.27. The quantitative estimate of drug-likeness (QED) is 0.893. The molecule has 0 saturated carbocycles. The van der Waals surface area contributed by atoms with E-state index in [1.807, 2.05) is 0 Å². The summed E-state index contributed by atoms with van der Waals surface area (Å²) in [5.41, 5.74) is 1.28. The highest BCUT2D eigenvalue weighted by Crippen LogP contribution is 2.28. The van der Waals surface area contributed by atoms with Gasteiger partial charge in [-0.15, -0.1) is 0 Å². The van der Waals surface area contributed by atoms with Crippen molar-refractivity contribution in [2.45, 2.75) is 45.4 Å². The molecule has 1 unspecified atom stereocenters. The Morgan fingerprint density at radius 2 is 2.00 bits per heavy atom. The van der Waals surface area contributed by atoms with Gasteiger partial charge in [-0.2, -0.15) is 0 Å². The van der Waals surface area contributed by atoms with E-state index >= 15 is 0 Å². The molecular formula is C17H26N2O. The molecule has 1 aromatic rings. The molecule has 0 amide bonds. The van der Waals surface area contributed by atoms with Crippen LogP contribution in [0.5, 0.6) is 5.75 Å². The second kappa shape index (κ2) is 6.15. The zero-order chi connectivity index (χ0) is 13.9. The van der Waals surface area contributed by atoms with Crippen LogP contribution in [0.25, 0.3) is 0 Å². The highest BCUT2D eigenvalue weighted by Gasteiger charge is 2.33. The molecule has 2 bridgehead atoms. The van der Waals surface area contributed by atoms with E-state index in [1.165, 1.54) is 38.0 Å². The van der Waals surface area contributed by atoms with Crippen molar-refractivity contribution in [2.24, 2.45) is 5.92 Å². The number of piperidine rings is 3. The van der Waals surface area contributed by atoms with Gasteiger partial charge in [0.05, 0.1) is 6.10 Å². The standard InChI is InChI=1S/C17H26N2O/c1-13(2)20-17-6-4-3-5-15(17)11-18-16-12-19-9-7-14(16)8-10-19/h3-6,13-14,16,18H,7-12H2,1-2H3. The van der Waals surface area contributed by atoms with Crippen LogP contribution in [0.2, 0.25) is 0 Å². The van der Waals surface area contributed by atoms with Gasteiger partial charge >= 0.3 is 0 Å². The number of hydrogen-bond acceptors (Lipinski definition) is 3. The average Bonchev–Trinajstić information content (AvgIpc) is 2.47. The Bertz CT molecular complexity index is 438. The number of rotatable bonds is 5. The predicted octanol–water partition coefficient (Wildman–Crippen LogP) is 2.66. The first kappa shape index (κ1) is 13.9. The maximum Gasteiger partial charge on any atom is 0.124 e. The molecule has 0 aliphatic carbocycles. The fourth-order valence-corrected chi connectivity index (χ4v) is 3.46. The Morgan fingerprint density at radius 1 is 1.25 bits per heavy atom. The van der Waals surface area contributed by atoms with Crippen LogP contribution in [0.3, 0.4) is 0 Å². The Morgan fingerprint density at radius 3 is 2.65 bits per heavy atom. The van der Waals surface area contributed by atoms with Crippen molar-refractivity contribution in [1.29, 1.82) is 0 Å². The lowest BCUT2D eigenvalue weighted by atomic mass is 9.84. The van der Waals surface area contributed by atoms with Crippen molar-refractivity contribution in [2.75, 3.05) is 19.6 Å².